The van der Waals surface area contributed by atoms with E-state index in [4.69, 9.17) is 0 Å². The fraction of sp³-hybridized carbons (Fsp3) is 1.00. The van der Waals surface area contributed by atoms with Crippen molar-refractivity contribution in [3.63, 3.8) is 0 Å². The number of halogens is 1. The predicted octanol–water partition coefficient (Wildman–Crippen LogP) is 5.12. The van der Waals surface area contributed by atoms with Crippen LogP contribution in [0.5, 0.6) is 0 Å². The number of hydrogen-bond acceptors (Lipinski definition) is 0. The fourth-order valence-corrected chi connectivity index (χ4v) is 8.03. The average molecular weight is 435 g/mol. The Morgan fingerprint density at radius 3 is 0.692 bits per heavy atom. The summed E-state index contributed by atoms with van der Waals surface area (Å²) in [5.41, 5.74) is 1.02. The maximum absolute atomic E-state index is 2.57. The molecular formula is C24H52BrN. The largest absolute Gasteiger partial charge is 1.00 e. The van der Waals surface area contributed by atoms with E-state index < -0.39 is 0 Å². The van der Waals surface area contributed by atoms with Crippen LogP contribution in [0, 0.1) is 0 Å². The molecule has 26 heavy (non-hydrogen) atoms. The molecule has 0 aliphatic heterocycles. The topological polar surface area (TPSA) is 0 Å². The Hall–Kier alpha value is 0.440. The first-order chi connectivity index (χ1) is 11.2. The van der Waals surface area contributed by atoms with Crippen LogP contribution in [0.3, 0.4) is 0 Å². The predicted molar refractivity (Wildman–Crippen MR) is 116 cm³/mol. The second-order valence-electron chi connectivity index (χ2n) is 10.9. The Balaban J connectivity index is 0. The molecule has 0 spiro atoms. The van der Waals surface area contributed by atoms with Crippen molar-refractivity contribution in [2.45, 2.75) is 157 Å². The number of hydrogen-bond donors (Lipinski definition) is 0. The Kier molecular flexibility index (Phi) is 11.3. The lowest BCUT2D eigenvalue weighted by Crippen LogP contribution is -3.00. The average Bonchev–Trinajstić information content (AvgIpc) is 2.36. The van der Waals surface area contributed by atoms with Crippen molar-refractivity contribution in [2.24, 2.45) is 0 Å². The fourth-order valence-electron chi connectivity index (χ4n) is 8.03. The summed E-state index contributed by atoms with van der Waals surface area (Å²) in [6.07, 6.45) is 10.2. The maximum atomic E-state index is 2.57. The van der Waals surface area contributed by atoms with Gasteiger partial charge in [0.1, 0.15) is 0 Å². The maximum Gasteiger partial charge on any atom is 0.0947 e. The molecule has 0 heterocycles. The van der Waals surface area contributed by atoms with Crippen molar-refractivity contribution < 1.29 is 21.5 Å². The minimum atomic E-state index is 0. The van der Waals surface area contributed by atoms with Gasteiger partial charge in [-0.3, -0.25) is 0 Å². The van der Waals surface area contributed by atoms with Gasteiger partial charge in [0.25, 0.3) is 0 Å². The zero-order valence-electron chi connectivity index (χ0n) is 20.5. The molecule has 2 heteroatoms. The van der Waals surface area contributed by atoms with Gasteiger partial charge >= 0.3 is 0 Å². The van der Waals surface area contributed by atoms with Gasteiger partial charge in [0.05, 0.1) is 22.2 Å². The van der Waals surface area contributed by atoms with Crippen LogP contribution >= 0.6 is 0 Å². The number of nitrogens with zero attached hydrogens (tertiary/aromatic N) is 1. The second kappa shape index (κ2) is 10.3. The minimum absolute atomic E-state index is 0. The summed E-state index contributed by atoms with van der Waals surface area (Å²) in [5, 5.41) is 0. The lowest BCUT2D eigenvalue weighted by atomic mass is 9.68. The molecule has 0 radical (unpaired) electrons. The molecule has 0 fully saturated rings. The molecule has 0 bridgehead atoms. The van der Waals surface area contributed by atoms with E-state index >= 15 is 0 Å². The monoisotopic (exact) mass is 433 g/mol. The van der Waals surface area contributed by atoms with E-state index in [-0.39, 0.29) is 39.1 Å². The first-order valence-corrected chi connectivity index (χ1v) is 11.1. The van der Waals surface area contributed by atoms with E-state index in [0.717, 1.165) is 0 Å². The first-order valence-electron chi connectivity index (χ1n) is 11.1. The molecule has 0 aromatic rings. The summed E-state index contributed by atoms with van der Waals surface area (Å²) in [6.45, 7) is 30.0. The molecule has 0 saturated carbocycles. The summed E-state index contributed by atoms with van der Waals surface area (Å²) < 4.78 is 1.23. The van der Waals surface area contributed by atoms with Crippen molar-refractivity contribution in [2.75, 3.05) is 0 Å². The highest BCUT2D eigenvalue weighted by molar-refractivity contribution is 4.94. The van der Waals surface area contributed by atoms with Crippen molar-refractivity contribution in [3.05, 3.63) is 0 Å². The molecule has 0 unspecified atom stereocenters. The molecule has 160 valence electrons. The van der Waals surface area contributed by atoms with Crippen LogP contribution in [0.2, 0.25) is 0 Å². The molecule has 0 aromatic carbocycles. The van der Waals surface area contributed by atoms with Crippen LogP contribution in [0.25, 0.3) is 0 Å². The third-order valence-electron chi connectivity index (χ3n) is 7.08. The SMILES string of the molecule is CCCC(C)(C)[N+](C(C)(C)CCC)(C(C)(C)CCC)C(C)(C)CCC.[Br-]. The van der Waals surface area contributed by atoms with Crippen LogP contribution in [0.15, 0.2) is 0 Å². The zero-order chi connectivity index (χ0) is 20.2. The van der Waals surface area contributed by atoms with Gasteiger partial charge < -0.3 is 21.5 Å². The van der Waals surface area contributed by atoms with Crippen LogP contribution < -0.4 is 17.0 Å². The Labute approximate surface area is 178 Å². The van der Waals surface area contributed by atoms with Gasteiger partial charge in [-0.15, -0.1) is 0 Å². The second-order valence-corrected chi connectivity index (χ2v) is 10.9. The van der Waals surface area contributed by atoms with Crippen LogP contribution in [-0.4, -0.2) is 26.6 Å². The smallest absolute Gasteiger partial charge is 0.0947 e. The molecule has 1 nitrogen and oxygen atoms in total. The Morgan fingerprint density at radius 2 is 0.577 bits per heavy atom. The van der Waals surface area contributed by atoms with Crippen molar-refractivity contribution in [1.82, 2.24) is 0 Å². The van der Waals surface area contributed by atoms with Crippen LogP contribution in [0.1, 0.15) is 134 Å². The molecule has 0 atom stereocenters. The van der Waals surface area contributed by atoms with E-state index in [1.54, 1.807) is 0 Å². The molecule has 0 aliphatic rings. The lowest BCUT2D eigenvalue weighted by Gasteiger charge is -2.73. The highest BCUT2D eigenvalue weighted by Gasteiger charge is 2.66. The molecule has 0 rings (SSSR count). The van der Waals surface area contributed by atoms with E-state index in [2.05, 4.69) is 83.1 Å². The lowest BCUT2D eigenvalue weighted by molar-refractivity contribution is -1.09. The van der Waals surface area contributed by atoms with Crippen LogP contribution in [0.4, 0.5) is 0 Å². The highest BCUT2D eigenvalue weighted by atomic mass is 79.9. The first kappa shape index (κ1) is 28.6. The van der Waals surface area contributed by atoms with Crippen molar-refractivity contribution in [1.29, 1.82) is 0 Å². The third kappa shape index (κ3) is 4.88. The normalized spacial score (nSPS) is 14.3. The molecule has 0 aromatic heterocycles. The van der Waals surface area contributed by atoms with E-state index in [1.165, 1.54) is 55.8 Å². The van der Waals surface area contributed by atoms with Gasteiger partial charge in [0.2, 0.25) is 0 Å². The number of quaternary nitrogens is 1. The Bertz CT molecular complexity index is 316. The quantitative estimate of drug-likeness (QED) is 0.374. The van der Waals surface area contributed by atoms with Gasteiger partial charge in [0.15, 0.2) is 0 Å². The summed E-state index contributed by atoms with van der Waals surface area (Å²) in [7, 11) is 0. The van der Waals surface area contributed by atoms with E-state index in [1.807, 2.05) is 0 Å². The highest BCUT2D eigenvalue weighted by Crippen LogP contribution is 2.56. The summed E-state index contributed by atoms with van der Waals surface area (Å²) in [5.74, 6) is 0. The van der Waals surface area contributed by atoms with Gasteiger partial charge in [-0.2, -0.15) is 0 Å². The van der Waals surface area contributed by atoms with Gasteiger partial charge in [-0.1, -0.05) is 53.4 Å². The molecule has 0 aliphatic carbocycles. The molecular weight excluding hydrogens is 382 g/mol. The Morgan fingerprint density at radius 1 is 0.423 bits per heavy atom. The van der Waals surface area contributed by atoms with E-state index in [9.17, 15) is 0 Å². The summed E-state index contributed by atoms with van der Waals surface area (Å²) in [6, 6.07) is 0. The van der Waals surface area contributed by atoms with Gasteiger partial charge in [-0.05, 0) is 55.4 Å². The summed E-state index contributed by atoms with van der Waals surface area (Å²) >= 11 is 0. The molecule has 0 amide bonds. The molecule has 0 N–H and O–H groups in total. The van der Waals surface area contributed by atoms with E-state index in [0.29, 0.717) is 0 Å². The van der Waals surface area contributed by atoms with Gasteiger partial charge in [-0.25, -0.2) is 0 Å². The summed E-state index contributed by atoms with van der Waals surface area (Å²) in [4.78, 5) is 0. The zero-order valence-corrected chi connectivity index (χ0v) is 22.1. The standard InChI is InChI=1S/C24H52N.BrH/c1-13-17-21(5,6)25(22(7,8)18-14-2,23(9,10)19-15-3)24(11,12)20-16-4;/h13-20H2,1-12H3;1H/q+1;/p-1. The van der Waals surface area contributed by atoms with Gasteiger partial charge in [0, 0.05) is 25.7 Å². The van der Waals surface area contributed by atoms with Crippen LogP contribution in [-0.2, 0) is 0 Å². The van der Waals surface area contributed by atoms with Crippen molar-refractivity contribution >= 4 is 0 Å². The number of rotatable bonds is 12. The molecule has 0 saturated heterocycles. The van der Waals surface area contributed by atoms with Crippen molar-refractivity contribution in [3.8, 4) is 0 Å². The minimum Gasteiger partial charge on any atom is -1.00 e. The third-order valence-corrected chi connectivity index (χ3v) is 7.08.